The minimum absolute atomic E-state index is 0.0541. The molecule has 1 amide bonds. The van der Waals surface area contributed by atoms with E-state index in [-0.39, 0.29) is 5.91 Å². The molecule has 1 aliphatic rings. The summed E-state index contributed by atoms with van der Waals surface area (Å²) in [4.78, 5) is 23.6. The molecule has 4 rings (SSSR count). The van der Waals surface area contributed by atoms with E-state index in [2.05, 4.69) is 43.5 Å². The lowest BCUT2D eigenvalue weighted by molar-refractivity contribution is -0.121. The first-order valence-electron chi connectivity index (χ1n) is 10.3. The van der Waals surface area contributed by atoms with E-state index in [1.165, 1.54) is 43.4 Å². The van der Waals surface area contributed by atoms with Crippen molar-refractivity contribution in [3.8, 4) is 0 Å². The second-order valence-corrected chi connectivity index (χ2v) is 7.76. The lowest BCUT2D eigenvalue weighted by Gasteiger charge is -2.18. The number of amides is 1. The molecule has 1 aliphatic heterocycles. The predicted octanol–water partition coefficient (Wildman–Crippen LogP) is 2.59. The summed E-state index contributed by atoms with van der Waals surface area (Å²) < 4.78 is 1.73. The lowest BCUT2D eigenvalue weighted by atomic mass is 10.1. The van der Waals surface area contributed by atoms with Gasteiger partial charge in [-0.3, -0.25) is 9.69 Å². The van der Waals surface area contributed by atoms with Crippen molar-refractivity contribution in [2.75, 3.05) is 13.1 Å². The molecule has 1 aromatic carbocycles. The predicted molar refractivity (Wildman–Crippen MR) is 111 cm³/mol. The zero-order chi connectivity index (χ0) is 20.2. The number of hydrogen-bond donors (Lipinski definition) is 1. The van der Waals surface area contributed by atoms with Crippen LogP contribution in [-0.2, 0) is 24.3 Å². The van der Waals surface area contributed by atoms with Gasteiger partial charge in [-0.1, -0.05) is 24.3 Å². The molecule has 29 heavy (non-hydrogen) atoms. The molecule has 2 aromatic heterocycles. The Morgan fingerprint density at radius 1 is 1.14 bits per heavy atom. The molecule has 1 N–H and O–H groups in total. The first-order chi connectivity index (χ1) is 14.1. The molecule has 152 valence electrons. The Morgan fingerprint density at radius 2 is 1.90 bits per heavy atom. The van der Waals surface area contributed by atoms with Crippen molar-refractivity contribution in [3.63, 3.8) is 0 Å². The molecule has 0 spiro atoms. The number of carbonyl (C=O) groups excluding carboxylic acids is 1. The largest absolute Gasteiger partial charge is 0.352 e. The number of nitrogens with one attached hydrogen (secondary N) is 1. The van der Waals surface area contributed by atoms with E-state index in [1.807, 2.05) is 19.9 Å². The first-order valence-corrected chi connectivity index (χ1v) is 10.3. The van der Waals surface area contributed by atoms with Crippen molar-refractivity contribution in [3.05, 3.63) is 58.7 Å². The van der Waals surface area contributed by atoms with Gasteiger partial charge in [0.2, 0.25) is 5.91 Å². The maximum Gasteiger partial charge on any atom is 0.252 e. The maximum absolute atomic E-state index is 12.5. The summed E-state index contributed by atoms with van der Waals surface area (Å²) in [6, 6.07) is 8.41. The number of carbonyl (C=O) groups is 1. The van der Waals surface area contributed by atoms with Crippen molar-refractivity contribution in [2.45, 2.75) is 52.6 Å². The highest BCUT2D eigenvalue weighted by molar-refractivity contribution is 5.76. The average molecular weight is 393 g/mol. The Labute approximate surface area is 171 Å². The van der Waals surface area contributed by atoms with Gasteiger partial charge in [0.25, 0.3) is 5.78 Å². The van der Waals surface area contributed by atoms with Gasteiger partial charge in [0.05, 0.1) is 0 Å². The van der Waals surface area contributed by atoms with Crippen LogP contribution in [0.4, 0.5) is 0 Å². The third-order valence-corrected chi connectivity index (χ3v) is 5.78. The highest BCUT2D eigenvalue weighted by atomic mass is 16.1. The number of fused-ring (bicyclic) bond motifs is 1. The molecule has 0 bridgehead atoms. The quantitative estimate of drug-likeness (QED) is 0.669. The number of benzene rings is 1. The molecular weight excluding hydrogens is 364 g/mol. The molecule has 0 radical (unpaired) electrons. The van der Waals surface area contributed by atoms with Crippen LogP contribution in [0, 0.1) is 13.8 Å². The van der Waals surface area contributed by atoms with Crippen LogP contribution in [0.1, 0.15) is 47.3 Å². The summed E-state index contributed by atoms with van der Waals surface area (Å²) in [5, 5.41) is 7.31. The highest BCUT2D eigenvalue weighted by Gasteiger charge is 2.15. The lowest BCUT2D eigenvalue weighted by Crippen LogP contribution is -2.25. The van der Waals surface area contributed by atoms with E-state index in [9.17, 15) is 4.79 Å². The van der Waals surface area contributed by atoms with Gasteiger partial charge in [0.15, 0.2) is 0 Å². The molecule has 3 aromatic rings. The fourth-order valence-electron chi connectivity index (χ4n) is 4.10. The maximum atomic E-state index is 12.5. The normalized spacial score (nSPS) is 14.6. The van der Waals surface area contributed by atoms with E-state index in [0.717, 1.165) is 23.5 Å². The molecule has 0 aliphatic carbocycles. The molecule has 1 fully saturated rings. The number of aryl methyl sites for hydroxylation is 2. The first kappa shape index (κ1) is 19.5. The number of aromatic nitrogens is 4. The van der Waals surface area contributed by atoms with E-state index < -0.39 is 0 Å². The van der Waals surface area contributed by atoms with E-state index in [4.69, 9.17) is 0 Å². The van der Waals surface area contributed by atoms with Crippen LogP contribution in [-0.4, -0.2) is 43.5 Å². The molecule has 7 nitrogen and oxygen atoms in total. The standard InChI is InChI=1S/C22H28N6O/c1-16-20(17(2)28-22(26-16)24-15-25-28)9-10-21(29)23-13-18-7-3-4-8-19(18)14-27-11-5-6-12-27/h3-4,7-8,15H,5-6,9-14H2,1-2H3,(H,23,29). The van der Waals surface area contributed by atoms with Crippen molar-refractivity contribution in [1.29, 1.82) is 0 Å². The second kappa shape index (κ2) is 8.69. The number of likely N-dealkylation sites (tertiary alicyclic amines) is 1. The van der Waals surface area contributed by atoms with E-state index >= 15 is 0 Å². The van der Waals surface area contributed by atoms with Crippen LogP contribution in [0.3, 0.4) is 0 Å². The van der Waals surface area contributed by atoms with Crippen molar-refractivity contribution in [2.24, 2.45) is 0 Å². The topological polar surface area (TPSA) is 75.4 Å². The Kier molecular flexibility index (Phi) is 5.85. The monoisotopic (exact) mass is 392 g/mol. The molecule has 7 heteroatoms. The molecule has 1 saturated heterocycles. The van der Waals surface area contributed by atoms with Gasteiger partial charge in [-0.15, -0.1) is 0 Å². The number of hydrogen-bond acceptors (Lipinski definition) is 5. The van der Waals surface area contributed by atoms with Crippen LogP contribution in [0.25, 0.3) is 5.78 Å². The third kappa shape index (κ3) is 4.45. The summed E-state index contributed by atoms with van der Waals surface area (Å²) in [5.41, 5.74) is 5.47. The molecule has 0 atom stereocenters. The summed E-state index contributed by atoms with van der Waals surface area (Å²) >= 11 is 0. The van der Waals surface area contributed by atoms with Gasteiger partial charge in [-0.2, -0.15) is 10.1 Å². The van der Waals surface area contributed by atoms with Crippen molar-refractivity contribution in [1.82, 2.24) is 29.8 Å². The van der Waals surface area contributed by atoms with Crippen molar-refractivity contribution < 1.29 is 4.79 Å². The minimum atomic E-state index is 0.0541. The average Bonchev–Trinajstić information content (AvgIpc) is 3.39. The Morgan fingerprint density at radius 3 is 2.69 bits per heavy atom. The van der Waals surface area contributed by atoms with E-state index in [0.29, 0.717) is 25.2 Å². The van der Waals surface area contributed by atoms with Gasteiger partial charge in [-0.05, 0) is 62.9 Å². The van der Waals surface area contributed by atoms with Crippen LogP contribution in [0.5, 0.6) is 0 Å². The molecule has 0 unspecified atom stereocenters. The van der Waals surface area contributed by atoms with E-state index in [1.54, 1.807) is 4.52 Å². The van der Waals surface area contributed by atoms with Gasteiger partial charge in [0.1, 0.15) is 6.33 Å². The summed E-state index contributed by atoms with van der Waals surface area (Å²) in [7, 11) is 0. The summed E-state index contributed by atoms with van der Waals surface area (Å²) in [6.45, 7) is 7.84. The fraction of sp³-hybridized carbons (Fsp3) is 0.455. The van der Waals surface area contributed by atoms with Crippen molar-refractivity contribution >= 4 is 11.7 Å². The fourth-order valence-corrected chi connectivity index (χ4v) is 4.10. The Bertz CT molecular complexity index is 1010. The summed E-state index contributed by atoms with van der Waals surface area (Å²) in [5.74, 6) is 0.654. The molecule has 0 saturated carbocycles. The van der Waals surface area contributed by atoms with Crippen LogP contribution in [0.15, 0.2) is 30.6 Å². The Balaban J connectivity index is 1.35. The Hall–Kier alpha value is -2.80. The van der Waals surface area contributed by atoms with Gasteiger partial charge < -0.3 is 5.32 Å². The van der Waals surface area contributed by atoms with Gasteiger partial charge in [-0.25, -0.2) is 9.50 Å². The number of rotatable bonds is 7. The van der Waals surface area contributed by atoms with Crippen LogP contribution in [0.2, 0.25) is 0 Å². The zero-order valence-corrected chi connectivity index (χ0v) is 17.2. The van der Waals surface area contributed by atoms with Gasteiger partial charge >= 0.3 is 0 Å². The van der Waals surface area contributed by atoms with Crippen LogP contribution >= 0.6 is 0 Å². The highest BCUT2D eigenvalue weighted by Crippen LogP contribution is 2.17. The molecular formula is C22H28N6O. The zero-order valence-electron chi connectivity index (χ0n) is 17.2. The summed E-state index contributed by atoms with van der Waals surface area (Å²) in [6.07, 6.45) is 5.14. The van der Waals surface area contributed by atoms with Crippen LogP contribution < -0.4 is 5.32 Å². The second-order valence-electron chi connectivity index (χ2n) is 7.76. The smallest absolute Gasteiger partial charge is 0.252 e. The molecule has 3 heterocycles. The third-order valence-electron chi connectivity index (χ3n) is 5.78. The number of nitrogens with zero attached hydrogens (tertiary/aromatic N) is 5. The van der Waals surface area contributed by atoms with Gasteiger partial charge in [0, 0.05) is 30.9 Å². The minimum Gasteiger partial charge on any atom is -0.352 e. The SMILES string of the molecule is Cc1nc2ncnn2c(C)c1CCC(=O)NCc1ccccc1CN1CCCC1.